The minimum absolute atomic E-state index is 0.261. The molecule has 1 unspecified atom stereocenters. The van der Waals surface area contributed by atoms with Crippen LogP contribution in [-0.4, -0.2) is 12.7 Å². The Bertz CT molecular complexity index is 278. The first-order valence-corrected chi connectivity index (χ1v) is 10.6. The summed E-state index contributed by atoms with van der Waals surface area (Å²) in [5.74, 6) is 0.728. The fourth-order valence-corrected chi connectivity index (χ4v) is 3.76. The van der Waals surface area contributed by atoms with Gasteiger partial charge in [-0.1, -0.05) is 90.6 Å². The van der Waals surface area contributed by atoms with Gasteiger partial charge in [0.05, 0.1) is 6.10 Å². The second kappa shape index (κ2) is 14.1. The third-order valence-corrected chi connectivity index (χ3v) is 5.52. The summed E-state index contributed by atoms with van der Waals surface area (Å²) in [6.45, 7) is 9.73. The topological polar surface area (TPSA) is 9.23 Å². The van der Waals surface area contributed by atoms with E-state index in [1.165, 1.54) is 102 Å². The molecular weight excluding hydrogens is 280 g/mol. The molecule has 0 aromatic rings. The number of unbranched alkanes of at least 4 members (excludes halogenated alkanes) is 9. The minimum atomic E-state index is 0.261. The van der Waals surface area contributed by atoms with Gasteiger partial charge in [0, 0.05) is 6.61 Å². The second-order valence-corrected chi connectivity index (χ2v) is 7.60. The lowest BCUT2D eigenvalue weighted by Crippen LogP contribution is -2.20. The van der Waals surface area contributed by atoms with Crippen LogP contribution in [0, 0.1) is 5.92 Å². The van der Waals surface area contributed by atoms with Crippen LogP contribution >= 0.6 is 0 Å². The van der Waals surface area contributed by atoms with Crippen LogP contribution in [0.1, 0.15) is 110 Å². The molecule has 1 aliphatic carbocycles. The summed E-state index contributed by atoms with van der Waals surface area (Å²) in [7, 11) is 0. The molecule has 1 rings (SSSR count). The number of hydrogen-bond donors (Lipinski definition) is 0. The van der Waals surface area contributed by atoms with Crippen molar-refractivity contribution in [3.05, 3.63) is 12.2 Å². The van der Waals surface area contributed by atoms with Gasteiger partial charge in [0.2, 0.25) is 0 Å². The van der Waals surface area contributed by atoms with Crippen molar-refractivity contribution in [2.75, 3.05) is 6.61 Å². The van der Waals surface area contributed by atoms with Crippen LogP contribution in [0.15, 0.2) is 12.2 Å². The highest BCUT2D eigenvalue weighted by Gasteiger charge is 2.20. The maximum Gasteiger partial charge on any atom is 0.0756 e. The Morgan fingerprint density at radius 1 is 0.870 bits per heavy atom. The Morgan fingerprint density at radius 3 is 1.96 bits per heavy atom. The van der Waals surface area contributed by atoms with E-state index in [4.69, 9.17) is 4.74 Å². The number of hydrogen-bond acceptors (Lipinski definition) is 1. The van der Waals surface area contributed by atoms with E-state index in [1.54, 1.807) is 0 Å². The first-order chi connectivity index (χ1) is 11.3. The highest BCUT2D eigenvalue weighted by atomic mass is 16.5. The van der Waals surface area contributed by atoms with E-state index in [-0.39, 0.29) is 6.10 Å². The first kappa shape index (κ1) is 20.7. The Kier molecular flexibility index (Phi) is 12.7. The smallest absolute Gasteiger partial charge is 0.0756 e. The highest BCUT2D eigenvalue weighted by molar-refractivity contribution is 5.07. The summed E-state index contributed by atoms with van der Waals surface area (Å²) in [5.41, 5.74) is 1.36. The van der Waals surface area contributed by atoms with Gasteiger partial charge in [-0.15, -0.1) is 0 Å². The summed E-state index contributed by atoms with van der Waals surface area (Å²) in [6.07, 6.45) is 21.0. The lowest BCUT2D eigenvalue weighted by Gasteiger charge is -2.27. The van der Waals surface area contributed by atoms with Crippen LogP contribution in [0.2, 0.25) is 0 Å². The molecule has 1 nitrogen and oxygen atoms in total. The molecular formula is C22H42O. The Hall–Kier alpha value is -0.300. The molecule has 0 bridgehead atoms. The lowest BCUT2D eigenvalue weighted by atomic mass is 9.82. The molecule has 0 aromatic heterocycles. The van der Waals surface area contributed by atoms with Crippen molar-refractivity contribution in [2.45, 2.75) is 116 Å². The van der Waals surface area contributed by atoms with Crippen LogP contribution in [0.4, 0.5) is 0 Å². The van der Waals surface area contributed by atoms with Gasteiger partial charge in [0.1, 0.15) is 0 Å². The largest absolute Gasteiger partial charge is 0.374 e. The predicted molar refractivity (Wildman–Crippen MR) is 103 cm³/mol. The van der Waals surface area contributed by atoms with Gasteiger partial charge in [-0.3, -0.25) is 0 Å². The van der Waals surface area contributed by atoms with Gasteiger partial charge in [-0.05, 0) is 37.7 Å². The van der Waals surface area contributed by atoms with Crippen molar-refractivity contribution in [3.63, 3.8) is 0 Å². The van der Waals surface area contributed by atoms with Crippen LogP contribution in [0.5, 0.6) is 0 Å². The fraction of sp³-hybridized carbons (Fsp3) is 0.909. The summed E-state index contributed by atoms with van der Waals surface area (Å²) >= 11 is 0. The maximum atomic E-state index is 6.03. The minimum Gasteiger partial charge on any atom is -0.374 e. The zero-order valence-electron chi connectivity index (χ0n) is 16.1. The zero-order valence-corrected chi connectivity index (χ0v) is 16.1. The van der Waals surface area contributed by atoms with Crippen molar-refractivity contribution in [2.24, 2.45) is 5.92 Å². The Balaban J connectivity index is 1.89. The third-order valence-electron chi connectivity index (χ3n) is 5.52. The van der Waals surface area contributed by atoms with E-state index in [0.29, 0.717) is 0 Å². The molecule has 1 heteroatoms. The van der Waals surface area contributed by atoms with Gasteiger partial charge >= 0.3 is 0 Å². The van der Waals surface area contributed by atoms with Crippen LogP contribution in [0.25, 0.3) is 0 Å². The summed E-state index contributed by atoms with van der Waals surface area (Å²) in [6, 6.07) is 0. The maximum absolute atomic E-state index is 6.03. The highest BCUT2D eigenvalue weighted by Crippen LogP contribution is 2.31. The molecule has 1 aliphatic rings. The molecule has 1 fully saturated rings. The standard InChI is InChI=1S/C22H42O/c1-4-5-6-7-8-9-10-11-12-16-19-23-21(3)20(2)22-17-14-13-15-18-22/h21-22H,2,4-19H2,1,3H3. The average Bonchev–Trinajstić information content (AvgIpc) is 2.59. The van der Waals surface area contributed by atoms with Crippen LogP contribution < -0.4 is 0 Å². The van der Waals surface area contributed by atoms with E-state index in [2.05, 4.69) is 20.4 Å². The normalized spacial score (nSPS) is 17.3. The van der Waals surface area contributed by atoms with Crippen LogP contribution in [0.3, 0.4) is 0 Å². The van der Waals surface area contributed by atoms with Gasteiger partial charge in [-0.2, -0.15) is 0 Å². The predicted octanol–water partition coefficient (Wildman–Crippen LogP) is 7.45. The molecule has 0 aliphatic heterocycles. The average molecular weight is 323 g/mol. The van der Waals surface area contributed by atoms with Crippen molar-refractivity contribution < 1.29 is 4.74 Å². The van der Waals surface area contributed by atoms with Gasteiger partial charge < -0.3 is 4.74 Å². The number of ether oxygens (including phenoxy) is 1. The summed E-state index contributed by atoms with van der Waals surface area (Å²) in [4.78, 5) is 0. The molecule has 0 amide bonds. The Labute approximate surface area is 146 Å². The van der Waals surface area contributed by atoms with Gasteiger partial charge in [0.15, 0.2) is 0 Å². The second-order valence-electron chi connectivity index (χ2n) is 7.60. The molecule has 1 atom stereocenters. The van der Waals surface area contributed by atoms with Crippen LogP contribution in [-0.2, 0) is 4.74 Å². The molecule has 0 heterocycles. The van der Waals surface area contributed by atoms with Crippen molar-refractivity contribution >= 4 is 0 Å². The molecule has 0 saturated heterocycles. The fourth-order valence-electron chi connectivity index (χ4n) is 3.76. The third kappa shape index (κ3) is 10.2. The van der Waals surface area contributed by atoms with E-state index in [1.807, 2.05) is 0 Å². The monoisotopic (exact) mass is 322 g/mol. The molecule has 0 N–H and O–H groups in total. The summed E-state index contributed by atoms with van der Waals surface area (Å²) in [5, 5.41) is 0. The molecule has 0 radical (unpaired) electrons. The van der Waals surface area contributed by atoms with E-state index in [0.717, 1.165) is 12.5 Å². The Morgan fingerprint density at radius 2 is 1.39 bits per heavy atom. The van der Waals surface area contributed by atoms with Gasteiger partial charge in [0.25, 0.3) is 0 Å². The van der Waals surface area contributed by atoms with Gasteiger partial charge in [-0.25, -0.2) is 0 Å². The first-order valence-electron chi connectivity index (χ1n) is 10.6. The molecule has 23 heavy (non-hydrogen) atoms. The van der Waals surface area contributed by atoms with E-state index >= 15 is 0 Å². The van der Waals surface area contributed by atoms with Crippen molar-refractivity contribution in [1.82, 2.24) is 0 Å². The quantitative estimate of drug-likeness (QED) is 0.238. The van der Waals surface area contributed by atoms with Crippen molar-refractivity contribution in [1.29, 1.82) is 0 Å². The molecule has 0 aromatic carbocycles. The lowest BCUT2D eigenvalue weighted by molar-refractivity contribution is 0.0774. The molecule has 136 valence electrons. The van der Waals surface area contributed by atoms with E-state index in [9.17, 15) is 0 Å². The number of rotatable bonds is 14. The molecule has 0 spiro atoms. The van der Waals surface area contributed by atoms with E-state index < -0.39 is 0 Å². The SMILES string of the molecule is C=C(C1CCCCC1)C(C)OCCCCCCCCCCCC. The zero-order chi connectivity index (χ0) is 16.8. The molecule has 1 saturated carbocycles. The summed E-state index contributed by atoms with van der Waals surface area (Å²) < 4.78 is 6.03. The van der Waals surface area contributed by atoms with Crippen molar-refractivity contribution in [3.8, 4) is 0 Å².